The number of hydrogen-bond donors (Lipinski definition) is 0. The molecule has 2 saturated heterocycles. The fourth-order valence-corrected chi connectivity index (χ4v) is 6.10. The van der Waals surface area contributed by atoms with Gasteiger partial charge in [-0.15, -0.1) is 0 Å². The summed E-state index contributed by atoms with van der Waals surface area (Å²) in [5.41, 5.74) is 3.27. The minimum atomic E-state index is -3.06. The minimum absolute atomic E-state index is 0.0323. The molecule has 1 unspecified atom stereocenters. The molecule has 8 heteroatoms. The van der Waals surface area contributed by atoms with Gasteiger partial charge in [-0.25, -0.2) is 8.42 Å². The number of carbonyl (C=O) groups excluding carboxylic acids is 2. The third-order valence-electron chi connectivity index (χ3n) is 6.65. The van der Waals surface area contributed by atoms with Gasteiger partial charge in [0.2, 0.25) is 0 Å². The number of piperazine rings is 1. The number of benzene rings is 2. The van der Waals surface area contributed by atoms with Crippen LogP contribution in [0.2, 0.25) is 0 Å². The van der Waals surface area contributed by atoms with Crippen LogP contribution in [0.5, 0.6) is 0 Å². The number of carbonyl (C=O) groups is 2. The van der Waals surface area contributed by atoms with E-state index in [-0.39, 0.29) is 28.9 Å². The van der Waals surface area contributed by atoms with Crippen molar-refractivity contribution in [1.29, 1.82) is 0 Å². The molecule has 0 N–H and O–H groups in total. The zero-order valence-corrected chi connectivity index (χ0v) is 19.3. The topological polar surface area (TPSA) is 84.0 Å². The zero-order valence-electron chi connectivity index (χ0n) is 18.5. The van der Waals surface area contributed by atoms with E-state index in [1.807, 2.05) is 48.5 Å². The summed E-state index contributed by atoms with van der Waals surface area (Å²) in [6.07, 6.45) is 2.03. The highest BCUT2D eigenvalue weighted by molar-refractivity contribution is 7.91. The van der Waals surface area contributed by atoms with Crippen LogP contribution in [-0.4, -0.2) is 74.2 Å². The van der Waals surface area contributed by atoms with Crippen LogP contribution in [0, 0.1) is 0 Å². The molecular formula is C25H28N2O5S. The lowest BCUT2D eigenvalue weighted by Gasteiger charge is -2.38. The summed E-state index contributed by atoms with van der Waals surface area (Å²) in [4.78, 5) is 28.8. The molecule has 5 rings (SSSR count). The molecule has 33 heavy (non-hydrogen) atoms. The van der Waals surface area contributed by atoms with Crippen molar-refractivity contribution < 1.29 is 22.7 Å². The van der Waals surface area contributed by atoms with Gasteiger partial charge < -0.3 is 14.5 Å². The predicted molar refractivity (Wildman–Crippen MR) is 124 cm³/mol. The Morgan fingerprint density at radius 1 is 0.879 bits per heavy atom. The Balaban J connectivity index is 1.21. The van der Waals surface area contributed by atoms with Gasteiger partial charge in [0, 0.05) is 38.2 Å². The maximum Gasteiger partial charge on any atom is 0.253 e. The van der Waals surface area contributed by atoms with Crippen molar-refractivity contribution in [3.63, 3.8) is 0 Å². The van der Waals surface area contributed by atoms with E-state index in [1.54, 1.807) is 9.80 Å². The van der Waals surface area contributed by atoms with Crippen LogP contribution < -0.4 is 0 Å². The van der Waals surface area contributed by atoms with Crippen molar-refractivity contribution in [2.24, 2.45) is 0 Å². The maximum atomic E-state index is 12.9. The van der Waals surface area contributed by atoms with Gasteiger partial charge in [-0.05, 0) is 41.7 Å². The Labute approximate surface area is 194 Å². The molecule has 0 spiro atoms. The van der Waals surface area contributed by atoms with Gasteiger partial charge in [-0.3, -0.25) is 9.59 Å². The van der Waals surface area contributed by atoms with E-state index < -0.39 is 9.84 Å². The van der Waals surface area contributed by atoms with Crippen molar-refractivity contribution in [3.05, 3.63) is 59.7 Å². The summed E-state index contributed by atoms with van der Waals surface area (Å²) in [6.45, 7) is 2.72. The van der Waals surface area contributed by atoms with Gasteiger partial charge in [0.25, 0.3) is 11.8 Å². The van der Waals surface area contributed by atoms with E-state index in [1.165, 1.54) is 0 Å². The second kappa shape index (κ2) is 8.91. The summed E-state index contributed by atoms with van der Waals surface area (Å²) >= 11 is 0. The Morgan fingerprint density at radius 3 is 2.15 bits per heavy atom. The molecular weight excluding hydrogens is 440 g/mol. The molecule has 0 radical (unpaired) electrons. The fraction of sp³-hybridized carbons (Fsp3) is 0.440. The van der Waals surface area contributed by atoms with Crippen LogP contribution >= 0.6 is 0 Å². The van der Waals surface area contributed by atoms with E-state index >= 15 is 0 Å². The number of ether oxygens (including phenoxy) is 1. The summed E-state index contributed by atoms with van der Waals surface area (Å²) in [7, 11) is -3.06. The molecule has 2 aromatic carbocycles. The lowest BCUT2D eigenvalue weighted by Crippen LogP contribution is -2.54. The first kappa shape index (κ1) is 22.1. The zero-order chi connectivity index (χ0) is 23.0. The highest BCUT2D eigenvalue weighted by atomic mass is 32.2. The summed E-state index contributed by atoms with van der Waals surface area (Å²) in [5, 5.41) is -0.169. The minimum Gasteiger partial charge on any atom is -0.368 e. The fourth-order valence-electron chi connectivity index (χ4n) is 4.37. The molecule has 0 aromatic heterocycles. The second-order valence-electron chi connectivity index (χ2n) is 9.05. The van der Waals surface area contributed by atoms with Gasteiger partial charge >= 0.3 is 0 Å². The highest BCUT2D eigenvalue weighted by Gasteiger charge is 2.35. The predicted octanol–water partition coefficient (Wildman–Crippen LogP) is 2.50. The van der Waals surface area contributed by atoms with Crippen molar-refractivity contribution in [3.8, 4) is 11.1 Å². The molecule has 3 aliphatic rings. The Morgan fingerprint density at radius 2 is 1.55 bits per heavy atom. The molecule has 2 amide bonds. The SMILES string of the molecule is O=C(c1ccc(-c2cccc(CS(=O)(=O)C3CC3)c2)cc1)N1CCN(C(=O)C2CCO2)CC1. The molecule has 2 aromatic rings. The van der Waals surface area contributed by atoms with Gasteiger partial charge in [0.05, 0.1) is 17.6 Å². The van der Waals surface area contributed by atoms with E-state index in [9.17, 15) is 18.0 Å². The number of sulfone groups is 1. The Hall–Kier alpha value is -2.71. The molecule has 7 nitrogen and oxygen atoms in total. The molecule has 3 fully saturated rings. The van der Waals surface area contributed by atoms with Gasteiger partial charge in [-0.1, -0.05) is 36.4 Å². The van der Waals surface area contributed by atoms with Gasteiger partial charge in [0.1, 0.15) is 6.10 Å². The highest BCUT2D eigenvalue weighted by Crippen LogP contribution is 2.31. The first-order valence-electron chi connectivity index (χ1n) is 11.5. The number of hydrogen-bond acceptors (Lipinski definition) is 5. The van der Waals surface area contributed by atoms with E-state index in [0.29, 0.717) is 38.3 Å². The van der Waals surface area contributed by atoms with Crippen LogP contribution in [0.1, 0.15) is 35.2 Å². The molecule has 2 heterocycles. The third kappa shape index (κ3) is 4.82. The van der Waals surface area contributed by atoms with Gasteiger partial charge in [0.15, 0.2) is 9.84 Å². The molecule has 2 aliphatic heterocycles. The van der Waals surface area contributed by atoms with E-state index in [4.69, 9.17) is 4.74 Å². The summed E-state index contributed by atoms with van der Waals surface area (Å²) in [6, 6.07) is 15.0. The smallest absolute Gasteiger partial charge is 0.253 e. The standard InChI is InChI=1S/C25H28N2O5S/c28-24(26-11-13-27(14-12-26)25(29)23-10-15-32-23)20-6-4-19(5-7-20)21-3-1-2-18(16-21)17-33(30,31)22-8-9-22/h1-7,16,22-23H,8-15,17H2. The van der Waals surface area contributed by atoms with E-state index in [0.717, 1.165) is 36.0 Å². The third-order valence-corrected chi connectivity index (χ3v) is 8.87. The van der Waals surface area contributed by atoms with Crippen molar-refractivity contribution in [2.75, 3.05) is 32.8 Å². The first-order chi connectivity index (χ1) is 15.9. The van der Waals surface area contributed by atoms with Crippen LogP contribution in [0.25, 0.3) is 11.1 Å². The van der Waals surface area contributed by atoms with E-state index in [2.05, 4.69) is 0 Å². The van der Waals surface area contributed by atoms with Crippen LogP contribution in [0.3, 0.4) is 0 Å². The number of nitrogens with zero attached hydrogens (tertiary/aromatic N) is 2. The quantitative estimate of drug-likeness (QED) is 0.651. The van der Waals surface area contributed by atoms with Crippen LogP contribution in [0.4, 0.5) is 0 Å². The molecule has 0 bridgehead atoms. The van der Waals surface area contributed by atoms with Crippen molar-refractivity contribution in [2.45, 2.75) is 36.4 Å². The average Bonchev–Trinajstić information content (AvgIpc) is 3.64. The second-order valence-corrected chi connectivity index (χ2v) is 11.3. The molecule has 1 aliphatic carbocycles. The summed E-state index contributed by atoms with van der Waals surface area (Å²) in [5.74, 6) is 0.0614. The molecule has 1 saturated carbocycles. The average molecular weight is 469 g/mol. The number of rotatable bonds is 6. The molecule has 1 atom stereocenters. The summed E-state index contributed by atoms with van der Waals surface area (Å²) < 4.78 is 29.9. The largest absolute Gasteiger partial charge is 0.368 e. The first-order valence-corrected chi connectivity index (χ1v) is 13.2. The van der Waals surface area contributed by atoms with Crippen LogP contribution in [-0.2, 0) is 25.1 Å². The van der Waals surface area contributed by atoms with Crippen LogP contribution in [0.15, 0.2) is 48.5 Å². The monoisotopic (exact) mass is 468 g/mol. The Bertz CT molecular complexity index is 1150. The maximum absolute atomic E-state index is 12.9. The lowest BCUT2D eigenvalue weighted by molar-refractivity contribution is -0.157. The Kier molecular flexibility index (Phi) is 5.97. The van der Waals surface area contributed by atoms with Crippen molar-refractivity contribution in [1.82, 2.24) is 9.80 Å². The normalized spacial score (nSPS) is 20.9. The number of amides is 2. The van der Waals surface area contributed by atoms with Crippen molar-refractivity contribution >= 4 is 21.7 Å². The molecule has 174 valence electrons. The van der Waals surface area contributed by atoms with Gasteiger partial charge in [-0.2, -0.15) is 0 Å². The lowest BCUT2D eigenvalue weighted by atomic mass is 10.0.